The van der Waals surface area contributed by atoms with E-state index in [9.17, 15) is 0 Å². The smallest absolute Gasteiger partial charge is 0.187 e. The summed E-state index contributed by atoms with van der Waals surface area (Å²) in [6.07, 6.45) is 0. The van der Waals surface area contributed by atoms with Gasteiger partial charge in [-0.05, 0) is 29.7 Å². The molecule has 0 atom stereocenters. The third-order valence-corrected chi connectivity index (χ3v) is 3.46. The Morgan fingerprint density at radius 2 is 1.90 bits per heavy atom. The first-order valence-electron chi connectivity index (χ1n) is 6.29. The Morgan fingerprint density at radius 1 is 1.05 bits per heavy atom. The summed E-state index contributed by atoms with van der Waals surface area (Å²) in [6, 6.07) is 15.7. The molecule has 0 saturated heterocycles. The number of aromatic nitrogens is 3. The van der Waals surface area contributed by atoms with Gasteiger partial charge < -0.3 is 4.98 Å². The molecule has 0 bridgehead atoms. The molecule has 0 saturated carbocycles. The fourth-order valence-corrected chi connectivity index (χ4v) is 2.49. The van der Waals surface area contributed by atoms with E-state index in [0.29, 0.717) is 5.69 Å². The number of hydrogen-bond acceptors (Lipinski definition) is 1. The third-order valence-electron chi connectivity index (χ3n) is 3.46. The van der Waals surface area contributed by atoms with Crippen LogP contribution in [0.4, 0.5) is 5.69 Å². The van der Waals surface area contributed by atoms with Crippen molar-refractivity contribution in [2.45, 2.75) is 7.43 Å². The molecule has 2 aromatic carbocycles. The second-order valence-corrected chi connectivity index (χ2v) is 4.68. The number of fused-ring (bicyclic) bond motifs is 2. The van der Waals surface area contributed by atoms with Crippen LogP contribution in [0.3, 0.4) is 0 Å². The fraction of sp³-hybridized carbons (Fsp3) is 0.0588. The largest absolute Gasteiger partial charge is 0.353 e. The number of nitrogens with one attached hydrogen (secondary N) is 2. The van der Waals surface area contributed by atoms with Crippen molar-refractivity contribution in [2.75, 3.05) is 0 Å². The Hall–Kier alpha value is -3.06. The minimum absolute atomic E-state index is 0. The maximum Gasteiger partial charge on any atom is 0.187 e. The van der Waals surface area contributed by atoms with Crippen LogP contribution in [0.1, 0.15) is 8.85 Å². The van der Waals surface area contributed by atoms with Gasteiger partial charge in [0.2, 0.25) is 0 Å². The lowest BCUT2D eigenvalue weighted by atomic mass is 10.1. The lowest BCUT2D eigenvalue weighted by molar-refractivity contribution is 1.12. The van der Waals surface area contributed by atoms with Gasteiger partial charge >= 0.3 is 0 Å². The normalized spacial score (nSPS) is 10.4. The van der Waals surface area contributed by atoms with Gasteiger partial charge in [-0.2, -0.15) is 5.10 Å². The molecule has 0 aliphatic carbocycles. The van der Waals surface area contributed by atoms with E-state index in [4.69, 9.17) is 6.57 Å². The Kier molecular flexibility index (Phi) is 2.96. The zero-order chi connectivity index (χ0) is 13.5. The van der Waals surface area contributed by atoms with Crippen LogP contribution in [0.5, 0.6) is 0 Å². The van der Waals surface area contributed by atoms with Crippen LogP contribution in [-0.4, -0.2) is 15.2 Å². The van der Waals surface area contributed by atoms with Crippen molar-refractivity contribution in [3.8, 4) is 11.4 Å². The monoisotopic (exact) mass is 276 g/mol. The quantitative estimate of drug-likeness (QED) is 0.464. The first kappa shape index (κ1) is 12.9. The van der Waals surface area contributed by atoms with E-state index in [2.05, 4.69) is 20.0 Å². The van der Waals surface area contributed by atoms with Crippen LogP contribution in [-0.2, 0) is 0 Å². The number of benzene rings is 2. The fourth-order valence-electron chi connectivity index (χ4n) is 2.49. The van der Waals surface area contributed by atoms with E-state index in [-0.39, 0.29) is 8.85 Å². The maximum atomic E-state index is 7.07. The molecule has 104 valence electrons. The molecule has 0 amide bonds. The van der Waals surface area contributed by atoms with Crippen LogP contribution in [0.25, 0.3) is 38.0 Å². The molecule has 4 rings (SSSR count). The molecular weight excluding hydrogens is 260 g/mol. The molecule has 0 aliphatic heterocycles. The molecule has 0 spiro atoms. The van der Waals surface area contributed by atoms with Gasteiger partial charge in [-0.1, -0.05) is 31.7 Å². The van der Waals surface area contributed by atoms with E-state index >= 15 is 0 Å². The molecular formula is C17H16N4. The third kappa shape index (κ3) is 1.96. The highest BCUT2D eigenvalue weighted by molar-refractivity contribution is 5.96. The predicted octanol–water partition coefficient (Wildman–Crippen LogP) is 5.14. The van der Waals surface area contributed by atoms with Crippen molar-refractivity contribution in [1.82, 2.24) is 15.2 Å². The number of para-hydroxylation sites is 1. The number of rotatable bonds is 1. The summed E-state index contributed by atoms with van der Waals surface area (Å²) in [5.74, 6) is 0. The zero-order valence-electron chi connectivity index (χ0n) is 10.5. The molecule has 0 radical (unpaired) electrons. The van der Waals surface area contributed by atoms with Gasteiger partial charge in [0.25, 0.3) is 0 Å². The Labute approximate surface area is 123 Å². The van der Waals surface area contributed by atoms with Crippen molar-refractivity contribution < 1.29 is 1.43 Å². The highest BCUT2D eigenvalue weighted by Gasteiger charge is 2.10. The topological polar surface area (TPSA) is 48.8 Å². The number of nitrogens with zero attached hydrogens (tertiary/aromatic N) is 2. The molecule has 4 heteroatoms. The van der Waals surface area contributed by atoms with E-state index in [0.717, 1.165) is 33.2 Å². The van der Waals surface area contributed by atoms with E-state index < -0.39 is 0 Å². The Morgan fingerprint density at radius 3 is 2.76 bits per heavy atom. The molecule has 0 fully saturated rings. The maximum absolute atomic E-state index is 7.07. The molecule has 0 unspecified atom stereocenters. The molecule has 2 heterocycles. The van der Waals surface area contributed by atoms with Gasteiger partial charge in [-0.15, -0.1) is 0 Å². The lowest BCUT2D eigenvalue weighted by Gasteiger charge is -1.92. The number of hydrogen-bond donors (Lipinski definition) is 2. The summed E-state index contributed by atoms with van der Waals surface area (Å²) in [5.41, 5.74) is 4.54. The average molecular weight is 276 g/mol. The summed E-state index contributed by atoms with van der Waals surface area (Å²) in [5, 5.41) is 9.54. The van der Waals surface area contributed by atoms with Gasteiger partial charge in [0.15, 0.2) is 5.69 Å². The first-order chi connectivity index (χ1) is 9.85. The number of aromatic amines is 2. The molecule has 0 aliphatic rings. The van der Waals surface area contributed by atoms with Crippen molar-refractivity contribution in [3.63, 3.8) is 0 Å². The van der Waals surface area contributed by atoms with E-state index in [1.807, 2.05) is 48.5 Å². The van der Waals surface area contributed by atoms with E-state index in [1.54, 1.807) is 0 Å². The SMILES string of the molecule is C.[C-]#[N+]c1ccc2[nH]c(-c3n[nH]c4ccccc34)cc2c1.[HH]. The Balaban J connectivity index is 0.000000882. The number of H-pyrrole nitrogens is 2. The molecule has 21 heavy (non-hydrogen) atoms. The van der Waals surface area contributed by atoms with Gasteiger partial charge in [0, 0.05) is 12.3 Å². The second-order valence-electron chi connectivity index (χ2n) is 4.68. The lowest BCUT2D eigenvalue weighted by Crippen LogP contribution is -1.77. The molecule has 4 aromatic rings. The van der Waals surface area contributed by atoms with Crippen molar-refractivity contribution >= 4 is 27.5 Å². The summed E-state index contributed by atoms with van der Waals surface area (Å²) in [6.45, 7) is 7.07. The van der Waals surface area contributed by atoms with Crippen LogP contribution in [0.15, 0.2) is 48.5 Å². The van der Waals surface area contributed by atoms with Crippen LogP contribution < -0.4 is 0 Å². The van der Waals surface area contributed by atoms with Gasteiger partial charge in [0.1, 0.15) is 5.69 Å². The average Bonchev–Trinajstić information content (AvgIpc) is 3.09. The van der Waals surface area contributed by atoms with Crippen molar-refractivity contribution in [2.24, 2.45) is 0 Å². The van der Waals surface area contributed by atoms with Crippen LogP contribution >= 0.6 is 0 Å². The van der Waals surface area contributed by atoms with Gasteiger partial charge in [-0.25, -0.2) is 4.85 Å². The summed E-state index contributed by atoms with van der Waals surface area (Å²) >= 11 is 0. The second kappa shape index (κ2) is 4.80. The molecule has 2 N–H and O–H groups in total. The van der Waals surface area contributed by atoms with Crippen molar-refractivity contribution in [3.05, 3.63) is 59.9 Å². The van der Waals surface area contributed by atoms with E-state index in [1.165, 1.54) is 0 Å². The Bertz CT molecular complexity index is 975. The molecule has 4 nitrogen and oxygen atoms in total. The van der Waals surface area contributed by atoms with Gasteiger partial charge in [-0.3, -0.25) is 5.10 Å². The minimum Gasteiger partial charge on any atom is -0.353 e. The highest BCUT2D eigenvalue weighted by atomic mass is 15.1. The van der Waals surface area contributed by atoms with Crippen molar-refractivity contribution in [1.29, 1.82) is 0 Å². The van der Waals surface area contributed by atoms with Crippen LogP contribution in [0.2, 0.25) is 0 Å². The minimum atomic E-state index is 0. The molecule has 2 aromatic heterocycles. The summed E-state index contributed by atoms with van der Waals surface area (Å²) < 4.78 is 0. The predicted molar refractivity (Wildman–Crippen MR) is 88.5 cm³/mol. The zero-order valence-corrected chi connectivity index (χ0v) is 10.5. The standard InChI is InChI=1S/C16H10N4.CH4.H2/c1-17-11-6-7-13-10(8-11)9-15(18-13)16-12-4-2-3-5-14(12)19-20-16;;/h2-9,18H,(H,19,20);1H4;1H. The first-order valence-corrected chi connectivity index (χ1v) is 6.29. The van der Waals surface area contributed by atoms with Gasteiger partial charge in [0.05, 0.1) is 17.8 Å². The summed E-state index contributed by atoms with van der Waals surface area (Å²) in [4.78, 5) is 6.81. The van der Waals surface area contributed by atoms with Crippen LogP contribution in [0, 0.1) is 6.57 Å². The highest BCUT2D eigenvalue weighted by Crippen LogP contribution is 2.30. The summed E-state index contributed by atoms with van der Waals surface area (Å²) in [7, 11) is 0.